The highest BCUT2D eigenvalue weighted by Gasteiger charge is 2.06. The molecule has 0 atom stereocenters. The molecule has 2 aromatic rings. The largest absolute Gasteiger partial charge is 0.382 e. The third kappa shape index (κ3) is 4.86. The summed E-state index contributed by atoms with van der Waals surface area (Å²) in [6, 6.07) is 0. The summed E-state index contributed by atoms with van der Waals surface area (Å²) in [6.07, 6.45) is 5.55. The Morgan fingerprint density at radius 3 is 2.95 bits per heavy atom. The van der Waals surface area contributed by atoms with Crippen LogP contribution in [0.5, 0.6) is 0 Å². The predicted molar refractivity (Wildman–Crippen MR) is 81.3 cm³/mol. The number of hydrogen-bond acceptors (Lipinski definition) is 5. The number of imidazole rings is 1. The molecule has 7 nitrogen and oxygen atoms in total. The lowest BCUT2D eigenvalue weighted by Crippen LogP contribution is -2.12. The first-order valence-electron chi connectivity index (χ1n) is 7.39. The summed E-state index contributed by atoms with van der Waals surface area (Å²) in [4.78, 5) is 8.72. The number of rotatable bonds is 9. The van der Waals surface area contributed by atoms with Crippen LogP contribution in [0.3, 0.4) is 0 Å². The van der Waals surface area contributed by atoms with Gasteiger partial charge in [-0.3, -0.25) is 4.68 Å². The van der Waals surface area contributed by atoms with E-state index < -0.39 is 0 Å². The highest BCUT2D eigenvalue weighted by atomic mass is 16.5. The Morgan fingerprint density at radius 1 is 1.38 bits per heavy atom. The summed E-state index contributed by atoms with van der Waals surface area (Å²) in [5.41, 5.74) is 1.02. The fraction of sp³-hybridized carbons (Fsp3) is 0.643. The fourth-order valence-corrected chi connectivity index (χ4v) is 2.12. The van der Waals surface area contributed by atoms with Crippen molar-refractivity contribution in [3.05, 3.63) is 24.0 Å². The van der Waals surface area contributed by atoms with E-state index in [2.05, 4.69) is 31.1 Å². The summed E-state index contributed by atoms with van der Waals surface area (Å²) >= 11 is 0. The van der Waals surface area contributed by atoms with Crippen LogP contribution in [0.2, 0.25) is 0 Å². The van der Waals surface area contributed by atoms with Gasteiger partial charge in [-0.2, -0.15) is 5.10 Å². The molecule has 116 valence electrons. The van der Waals surface area contributed by atoms with Crippen molar-refractivity contribution in [2.45, 2.75) is 33.2 Å². The summed E-state index contributed by atoms with van der Waals surface area (Å²) < 4.78 is 9.23. The Labute approximate surface area is 125 Å². The normalized spacial score (nSPS) is 11.0. The second kappa shape index (κ2) is 7.78. The van der Waals surface area contributed by atoms with Crippen LogP contribution in [-0.4, -0.2) is 44.1 Å². The van der Waals surface area contributed by atoms with Crippen LogP contribution < -0.4 is 5.32 Å². The quantitative estimate of drug-likeness (QED) is 0.708. The van der Waals surface area contributed by atoms with Crippen molar-refractivity contribution < 1.29 is 4.74 Å². The minimum atomic E-state index is 0.769. The summed E-state index contributed by atoms with van der Waals surface area (Å²) in [7, 11) is 1.87. The summed E-state index contributed by atoms with van der Waals surface area (Å²) in [5, 5.41) is 7.62. The number of nitrogens with zero attached hydrogens (tertiary/aromatic N) is 5. The van der Waals surface area contributed by atoms with Gasteiger partial charge >= 0.3 is 0 Å². The highest BCUT2D eigenvalue weighted by molar-refractivity contribution is 5.28. The van der Waals surface area contributed by atoms with Crippen molar-refractivity contribution >= 4 is 5.95 Å². The lowest BCUT2D eigenvalue weighted by atomic mass is 10.4. The molecule has 0 saturated carbocycles. The molecule has 0 saturated heterocycles. The number of ether oxygens (including phenoxy) is 1. The first-order valence-corrected chi connectivity index (χ1v) is 7.39. The molecule has 2 rings (SSSR count). The van der Waals surface area contributed by atoms with Gasteiger partial charge in [0.25, 0.3) is 0 Å². The van der Waals surface area contributed by atoms with Crippen LogP contribution in [0.15, 0.2) is 12.5 Å². The lowest BCUT2D eigenvalue weighted by molar-refractivity contribution is 0.142. The van der Waals surface area contributed by atoms with Crippen molar-refractivity contribution in [2.75, 3.05) is 25.1 Å². The maximum absolute atomic E-state index is 5.37. The molecule has 2 aromatic heterocycles. The molecule has 0 spiro atoms. The van der Waals surface area contributed by atoms with Crippen molar-refractivity contribution in [1.82, 2.24) is 24.3 Å². The Morgan fingerprint density at radius 2 is 2.24 bits per heavy atom. The van der Waals surface area contributed by atoms with Gasteiger partial charge in [0.2, 0.25) is 5.95 Å². The first-order chi connectivity index (χ1) is 10.2. The van der Waals surface area contributed by atoms with Gasteiger partial charge in [0.05, 0.1) is 5.69 Å². The zero-order valence-electron chi connectivity index (χ0n) is 13.0. The van der Waals surface area contributed by atoms with Crippen LogP contribution >= 0.6 is 0 Å². The Hall–Kier alpha value is -1.89. The number of nitrogens with one attached hydrogen (secondary N) is 1. The van der Waals surface area contributed by atoms with Crippen molar-refractivity contribution in [1.29, 1.82) is 0 Å². The van der Waals surface area contributed by atoms with Crippen LogP contribution in [-0.2, 0) is 24.8 Å². The molecule has 0 aliphatic carbocycles. The van der Waals surface area contributed by atoms with Crippen molar-refractivity contribution in [3.8, 4) is 0 Å². The second-order valence-corrected chi connectivity index (χ2v) is 4.96. The minimum Gasteiger partial charge on any atom is -0.382 e. The van der Waals surface area contributed by atoms with E-state index in [1.807, 2.05) is 20.9 Å². The summed E-state index contributed by atoms with van der Waals surface area (Å²) in [6.45, 7) is 7.25. The molecule has 0 fully saturated rings. The molecule has 1 N–H and O–H groups in total. The third-order valence-corrected chi connectivity index (χ3v) is 3.07. The van der Waals surface area contributed by atoms with Gasteiger partial charge in [-0.05, 0) is 20.3 Å². The third-order valence-electron chi connectivity index (χ3n) is 3.07. The number of aromatic nitrogens is 5. The second-order valence-electron chi connectivity index (χ2n) is 4.96. The maximum atomic E-state index is 5.37. The number of hydrogen-bond donors (Lipinski definition) is 1. The highest BCUT2D eigenvalue weighted by Crippen LogP contribution is 2.09. The number of anilines is 1. The smallest absolute Gasteiger partial charge is 0.203 e. The van der Waals surface area contributed by atoms with E-state index in [9.17, 15) is 0 Å². The summed E-state index contributed by atoms with van der Waals surface area (Å²) in [5.74, 6) is 1.75. The molecule has 0 aromatic carbocycles. The topological polar surface area (TPSA) is 69.8 Å². The molecule has 0 amide bonds. The first kappa shape index (κ1) is 15.5. The fourth-order valence-electron chi connectivity index (χ4n) is 2.12. The van der Waals surface area contributed by atoms with Gasteiger partial charge in [-0.25, -0.2) is 9.97 Å². The van der Waals surface area contributed by atoms with E-state index in [4.69, 9.17) is 4.74 Å². The van der Waals surface area contributed by atoms with Crippen molar-refractivity contribution in [2.24, 2.45) is 7.05 Å². The van der Waals surface area contributed by atoms with Crippen LogP contribution in [0, 0.1) is 6.92 Å². The van der Waals surface area contributed by atoms with Gasteiger partial charge in [0.15, 0.2) is 5.82 Å². The van der Waals surface area contributed by atoms with Gasteiger partial charge in [-0.1, -0.05) is 0 Å². The van der Waals surface area contributed by atoms with E-state index in [0.717, 1.165) is 56.6 Å². The molecule has 21 heavy (non-hydrogen) atoms. The zero-order valence-corrected chi connectivity index (χ0v) is 13.0. The molecule has 0 bridgehead atoms. The molecule has 2 heterocycles. The van der Waals surface area contributed by atoms with E-state index in [1.54, 1.807) is 11.0 Å². The Balaban J connectivity index is 1.81. The molecule has 0 unspecified atom stereocenters. The van der Waals surface area contributed by atoms with Gasteiger partial charge < -0.3 is 14.6 Å². The standard InChI is InChI=1S/C14H24N6O/c1-4-21-9-5-8-20-10-12(2)17-14(20)15-7-6-13-16-11-19(3)18-13/h10-11H,4-9H2,1-3H3,(H,15,17). The minimum absolute atomic E-state index is 0.769. The van der Waals surface area contributed by atoms with Crippen LogP contribution in [0.4, 0.5) is 5.95 Å². The monoisotopic (exact) mass is 292 g/mol. The average Bonchev–Trinajstić information content (AvgIpc) is 3.01. The van der Waals surface area contributed by atoms with Gasteiger partial charge in [-0.15, -0.1) is 0 Å². The molecule has 0 aliphatic rings. The van der Waals surface area contributed by atoms with Gasteiger partial charge in [0, 0.05) is 46.0 Å². The Kier molecular flexibility index (Phi) is 5.74. The molecule has 0 aliphatic heterocycles. The molecule has 7 heteroatoms. The molecular formula is C14H24N6O. The SMILES string of the molecule is CCOCCCn1cc(C)nc1NCCc1ncn(C)n1. The van der Waals surface area contributed by atoms with E-state index in [1.165, 1.54) is 0 Å². The maximum Gasteiger partial charge on any atom is 0.203 e. The zero-order chi connectivity index (χ0) is 15.1. The van der Waals surface area contributed by atoms with Gasteiger partial charge in [0.1, 0.15) is 6.33 Å². The Bertz CT molecular complexity index is 547. The van der Waals surface area contributed by atoms with E-state index in [0.29, 0.717) is 0 Å². The van der Waals surface area contributed by atoms with Crippen LogP contribution in [0.1, 0.15) is 24.9 Å². The van der Waals surface area contributed by atoms with Crippen LogP contribution in [0.25, 0.3) is 0 Å². The average molecular weight is 292 g/mol. The van der Waals surface area contributed by atoms with E-state index >= 15 is 0 Å². The predicted octanol–water partition coefficient (Wildman–Crippen LogP) is 1.40. The van der Waals surface area contributed by atoms with E-state index in [-0.39, 0.29) is 0 Å². The number of aryl methyl sites for hydroxylation is 3. The van der Waals surface area contributed by atoms with Crippen molar-refractivity contribution in [3.63, 3.8) is 0 Å². The lowest BCUT2D eigenvalue weighted by Gasteiger charge is -2.09. The molecular weight excluding hydrogens is 268 g/mol. The molecule has 0 radical (unpaired) electrons.